The predicted molar refractivity (Wildman–Crippen MR) is 339 cm³/mol. The van der Waals surface area contributed by atoms with Crippen molar-refractivity contribution in [2.45, 2.75) is 232 Å². The van der Waals surface area contributed by atoms with Crippen LogP contribution in [0.2, 0.25) is 0 Å². The average molecular weight is 1270 g/mol. The highest BCUT2D eigenvalue weighted by atomic mass is 16.6. The lowest BCUT2D eigenvalue weighted by Gasteiger charge is -2.56. The van der Waals surface area contributed by atoms with Crippen LogP contribution in [0.3, 0.4) is 0 Å². The lowest BCUT2D eigenvalue weighted by atomic mass is 9.46. The molecule has 21 atom stereocenters. The number of aliphatic hydroxyl groups is 5. The fourth-order valence-corrected chi connectivity index (χ4v) is 16.7. The Morgan fingerprint density at radius 1 is 0.824 bits per heavy atom. The highest BCUT2D eigenvalue weighted by Crippen LogP contribution is 2.66. The molecule has 5 N–H and O–H groups in total. The molecule has 91 heavy (non-hydrogen) atoms. The van der Waals surface area contributed by atoms with Crippen molar-refractivity contribution in [2.24, 2.45) is 64.1 Å². The number of carbonyl (C=O) groups is 8. The van der Waals surface area contributed by atoms with E-state index in [1.54, 1.807) is 53.2 Å². The first kappa shape index (κ1) is 73.5. The summed E-state index contributed by atoms with van der Waals surface area (Å²) in [5.41, 5.74) is -0.596. The number of ether oxygens (including phenoxy) is 5. The van der Waals surface area contributed by atoms with Gasteiger partial charge in [0.05, 0.1) is 24.4 Å². The molecule has 0 aromatic rings. The Hall–Kier alpha value is -4.96. The largest absolute Gasteiger partial charge is 0.460 e. The van der Waals surface area contributed by atoms with Gasteiger partial charge in [0.2, 0.25) is 5.79 Å². The zero-order valence-corrected chi connectivity index (χ0v) is 55.9. The number of cyclic esters (lactones) is 1. The third kappa shape index (κ3) is 15.9. The van der Waals surface area contributed by atoms with Crippen LogP contribution in [0, 0.1) is 64.1 Å². The molecule has 1 amide bonds. The maximum absolute atomic E-state index is 14.4. The summed E-state index contributed by atoms with van der Waals surface area (Å²) < 4.78 is 29.4. The summed E-state index contributed by atoms with van der Waals surface area (Å²) >= 11 is 0. The van der Waals surface area contributed by atoms with E-state index in [1.165, 1.54) is 12.0 Å². The molecule has 19 heteroatoms. The van der Waals surface area contributed by atoms with Crippen molar-refractivity contribution in [3.8, 4) is 0 Å². The van der Waals surface area contributed by atoms with E-state index in [-0.39, 0.29) is 90.6 Å². The van der Waals surface area contributed by atoms with Gasteiger partial charge in [-0.1, -0.05) is 96.6 Å². The Balaban J connectivity index is 0.000000371. The molecule has 8 aliphatic rings. The molecule has 0 unspecified atom stereocenters. The summed E-state index contributed by atoms with van der Waals surface area (Å²) in [5.74, 6) is -8.55. The first-order valence-electron chi connectivity index (χ1n) is 33.4. The van der Waals surface area contributed by atoms with Gasteiger partial charge in [-0.05, 0) is 157 Å². The quantitative estimate of drug-likeness (QED) is 0.0875. The third-order valence-corrected chi connectivity index (χ3v) is 22.5. The van der Waals surface area contributed by atoms with Gasteiger partial charge in [-0.25, -0.2) is 4.79 Å². The number of carbonyl (C=O) groups excluding carboxylic acids is 8. The molecule has 4 saturated carbocycles. The minimum absolute atomic E-state index is 0.0193. The van der Waals surface area contributed by atoms with E-state index in [0.717, 1.165) is 30.4 Å². The lowest BCUT2D eigenvalue weighted by molar-refractivity contribution is -0.265. The van der Waals surface area contributed by atoms with Gasteiger partial charge in [0.15, 0.2) is 17.3 Å². The Morgan fingerprint density at radius 3 is 2.23 bits per heavy atom. The SMILES string of the molecule is CO[C@H]1C[C@@H]2CC[C@@H](C)[C@@](O)(O2)C(=O)C(=O)N2CCCC[C@H]2C(=O)O[C@H]([C@H](C)C[C@@H]2CC[C@@H](O)[C@H](OC)C2)CC(=O)[C@H](C)/C=C(\C)[C@@H](O)[C@@H](OC)C(=O)[C@H](C)C[C@H](C)/C=C/C=CC=C1C.C[C@]12C=CC(=O)C=C1CC[C@@H]1[C@@H]2C(=O)C[C@@]2(C)[C@H]1CC[C@]2(O)C(=O)CO. The van der Waals surface area contributed by atoms with Crippen molar-refractivity contribution in [2.75, 3.05) is 34.5 Å². The minimum atomic E-state index is -2.43. The van der Waals surface area contributed by atoms with Crippen molar-refractivity contribution in [1.29, 1.82) is 0 Å². The van der Waals surface area contributed by atoms with Crippen molar-refractivity contribution >= 4 is 46.6 Å². The number of rotatable bonds is 8. The number of nitrogens with zero attached hydrogens (tertiary/aromatic N) is 1. The van der Waals surface area contributed by atoms with Crippen LogP contribution in [0.25, 0.3) is 0 Å². The second-order valence-corrected chi connectivity index (χ2v) is 28.6. The molecule has 506 valence electrons. The van der Waals surface area contributed by atoms with Crippen molar-refractivity contribution < 1.29 is 87.6 Å². The number of esters is 1. The van der Waals surface area contributed by atoms with Gasteiger partial charge in [0.25, 0.3) is 11.7 Å². The topological polar surface area (TPSA) is 287 Å². The number of ketones is 6. The molecule has 6 fully saturated rings. The predicted octanol–water partition coefficient (Wildman–Crippen LogP) is 7.95. The van der Waals surface area contributed by atoms with Crippen molar-refractivity contribution in [3.63, 3.8) is 0 Å². The molecule has 3 aliphatic heterocycles. The first-order chi connectivity index (χ1) is 42.9. The first-order valence-corrected chi connectivity index (χ1v) is 33.4. The molecule has 0 aromatic heterocycles. The highest BCUT2D eigenvalue weighted by molar-refractivity contribution is 6.39. The Bertz CT molecular complexity index is 2870. The molecule has 3 heterocycles. The number of Topliss-reactive ketones (excluding diaryl/α,β-unsaturated/α-hetero) is 5. The van der Waals surface area contributed by atoms with Gasteiger partial charge < -0.3 is 54.1 Å². The standard InChI is InChI=1S/C51H79NO13.C21H26O5/c1-30-16-12-11-13-17-31(2)42(61-8)28-38-21-19-36(7)51(60,65-38)48(57)49(58)52-23-15-14-18-39(52)50(59)64-43(33(4)26-37-20-22-40(53)44(27-37)62-9)29-41(54)32(3)25-35(6)46(56)47(63-10)45(55)34(5)24-30;1-19-7-5-13(23)9-12(19)3-4-14-15-6-8-21(26,17(25)11-22)20(15,2)10-16(24)18(14)19/h11-13,16-17,25,30,32-34,36-40,42-44,46-47,53,56,60H,14-15,18-24,26-29H2,1-10H3;5,7,9,14-15,18,22,26H,3-4,6,8,10-11H2,1-2H3/b13-11?,16-12+,31-17?,35-25+;/t30-,32-,33-,34-,36-,37+,38+,39+,40-,42+,43+,44-,46-,47+,51-;14-,15-,18+,19-,20-,21-/m10/s1. The van der Waals surface area contributed by atoms with E-state index >= 15 is 0 Å². The summed E-state index contributed by atoms with van der Waals surface area (Å²) in [5, 5.41) is 54.3. The van der Waals surface area contributed by atoms with Gasteiger partial charge in [-0.3, -0.25) is 33.6 Å². The maximum Gasteiger partial charge on any atom is 0.329 e. The zero-order chi connectivity index (χ0) is 67.1. The molecular weight excluding hydrogens is 1170 g/mol. The number of hydrogen-bond acceptors (Lipinski definition) is 18. The lowest BCUT2D eigenvalue weighted by Crippen LogP contribution is -2.61. The number of allylic oxidation sites excluding steroid dienone is 10. The average Bonchev–Trinajstić information content (AvgIpc) is 1.65. The number of piperidine rings is 1. The van der Waals surface area contributed by atoms with E-state index in [1.807, 2.05) is 78.0 Å². The summed E-state index contributed by atoms with van der Waals surface area (Å²) in [6.07, 6.45) is 19.0. The molecule has 5 aliphatic carbocycles. The molecule has 2 saturated heterocycles. The smallest absolute Gasteiger partial charge is 0.329 e. The molecule has 2 bridgehead atoms. The number of amides is 1. The van der Waals surface area contributed by atoms with Crippen LogP contribution < -0.4 is 0 Å². The normalized spacial score (nSPS) is 41.4. The molecule has 0 spiro atoms. The van der Waals surface area contributed by atoms with E-state index in [0.29, 0.717) is 76.2 Å². The summed E-state index contributed by atoms with van der Waals surface area (Å²) in [7, 11) is 4.52. The second kappa shape index (κ2) is 31.1. The Kier molecular flexibility index (Phi) is 25.1. The van der Waals surface area contributed by atoms with Crippen molar-refractivity contribution in [1.82, 2.24) is 4.90 Å². The Morgan fingerprint density at radius 2 is 1.55 bits per heavy atom. The number of methoxy groups -OCH3 is 3. The van der Waals surface area contributed by atoms with E-state index < -0.39 is 113 Å². The fourth-order valence-electron chi connectivity index (χ4n) is 16.7. The van der Waals surface area contributed by atoms with E-state index in [2.05, 4.69) is 0 Å². The minimum Gasteiger partial charge on any atom is -0.460 e. The van der Waals surface area contributed by atoms with Gasteiger partial charge in [-0.2, -0.15) is 0 Å². The van der Waals surface area contributed by atoms with Gasteiger partial charge >= 0.3 is 5.97 Å². The maximum atomic E-state index is 14.4. The van der Waals surface area contributed by atoms with Crippen LogP contribution in [-0.4, -0.2) is 172 Å². The number of hydrogen-bond donors (Lipinski definition) is 5. The Labute approximate surface area is 538 Å². The molecular formula is C72H105NO18. The molecule has 8 rings (SSSR count). The van der Waals surface area contributed by atoms with E-state index in [9.17, 15) is 63.9 Å². The van der Waals surface area contributed by atoms with Gasteiger partial charge in [0.1, 0.15) is 48.1 Å². The number of fused-ring (bicyclic) bond motifs is 8. The van der Waals surface area contributed by atoms with Crippen LogP contribution in [0.1, 0.15) is 171 Å². The summed E-state index contributed by atoms with van der Waals surface area (Å²) in [6.45, 7) is 15.9. The van der Waals surface area contributed by atoms with Crippen LogP contribution >= 0.6 is 0 Å². The van der Waals surface area contributed by atoms with Crippen LogP contribution in [0.4, 0.5) is 0 Å². The summed E-state index contributed by atoms with van der Waals surface area (Å²) in [6, 6.07) is -1.14. The summed E-state index contributed by atoms with van der Waals surface area (Å²) in [4.78, 5) is 109. The highest BCUT2D eigenvalue weighted by Gasteiger charge is 2.68. The molecule has 19 nitrogen and oxygen atoms in total. The third-order valence-electron chi connectivity index (χ3n) is 22.5. The van der Waals surface area contributed by atoms with Gasteiger partial charge in [-0.15, -0.1) is 0 Å². The van der Waals surface area contributed by atoms with Gasteiger partial charge in [0, 0.05) is 81.6 Å². The number of aliphatic hydroxyl groups excluding tert-OH is 3. The fraction of sp³-hybridized carbons (Fsp3) is 0.722. The van der Waals surface area contributed by atoms with Crippen LogP contribution in [-0.2, 0) is 62.0 Å². The molecule has 0 aromatic carbocycles. The van der Waals surface area contributed by atoms with Crippen LogP contribution in [0.15, 0.2) is 71.4 Å². The van der Waals surface area contributed by atoms with Crippen molar-refractivity contribution in [3.05, 3.63) is 71.4 Å². The monoisotopic (exact) mass is 1270 g/mol. The van der Waals surface area contributed by atoms with Crippen LogP contribution in [0.5, 0.6) is 0 Å². The second-order valence-electron chi connectivity index (χ2n) is 28.6. The van der Waals surface area contributed by atoms with E-state index in [4.69, 9.17) is 23.7 Å². The zero-order valence-electron chi connectivity index (χ0n) is 55.9. The molecule has 0 radical (unpaired) electrons.